The third-order valence-corrected chi connectivity index (χ3v) is 3.78. The van der Waals surface area contributed by atoms with Crippen LogP contribution in [0.2, 0.25) is 0 Å². The summed E-state index contributed by atoms with van der Waals surface area (Å²) in [5, 5.41) is 3.04. The summed E-state index contributed by atoms with van der Waals surface area (Å²) in [7, 11) is 3.18. The van der Waals surface area contributed by atoms with E-state index in [0.717, 1.165) is 29.2 Å². The minimum absolute atomic E-state index is 0. The summed E-state index contributed by atoms with van der Waals surface area (Å²) in [6.07, 6.45) is 0.755. The number of nitrogens with one attached hydrogen (secondary N) is 1. The molecule has 0 fully saturated rings. The number of hydrogen-bond acceptors (Lipinski definition) is 5. The molecule has 0 radical (unpaired) electrons. The molecule has 140 valence electrons. The maximum atomic E-state index is 5.94. The molecule has 1 aliphatic heterocycles. The quantitative estimate of drug-likeness (QED) is 0.383. The van der Waals surface area contributed by atoms with Gasteiger partial charge in [0.1, 0.15) is 0 Å². The van der Waals surface area contributed by atoms with E-state index in [0.29, 0.717) is 24.0 Å². The second kappa shape index (κ2) is 9.37. The number of fused-ring (bicyclic) bond motifs is 1. The van der Waals surface area contributed by atoms with Crippen LogP contribution in [-0.4, -0.2) is 33.5 Å². The summed E-state index contributed by atoms with van der Waals surface area (Å²) in [5.41, 5.74) is 7.84. The zero-order valence-corrected chi connectivity index (χ0v) is 17.0. The Morgan fingerprint density at radius 1 is 1.08 bits per heavy atom. The van der Waals surface area contributed by atoms with Gasteiger partial charge in [0.25, 0.3) is 0 Å². The molecule has 0 unspecified atom stereocenters. The van der Waals surface area contributed by atoms with Gasteiger partial charge in [0.15, 0.2) is 29.0 Å². The first-order chi connectivity index (χ1) is 12.2. The van der Waals surface area contributed by atoms with Gasteiger partial charge in [0, 0.05) is 18.3 Å². The number of hydrogen-bond donors (Lipinski definition) is 2. The largest absolute Gasteiger partial charge is 0.493 e. The van der Waals surface area contributed by atoms with Gasteiger partial charge in [-0.05, 0) is 36.2 Å². The number of nitrogens with two attached hydrogens (primary N) is 1. The molecule has 0 aliphatic carbocycles. The number of aliphatic imine (C=N–C) groups is 1. The summed E-state index contributed by atoms with van der Waals surface area (Å²) < 4.78 is 21.1. The number of anilines is 1. The van der Waals surface area contributed by atoms with Crippen molar-refractivity contribution in [2.75, 3.05) is 32.9 Å². The highest BCUT2D eigenvalue weighted by atomic mass is 127. The number of methoxy groups -OCH3 is 2. The topological polar surface area (TPSA) is 87.3 Å². The Morgan fingerprint density at radius 3 is 2.62 bits per heavy atom. The van der Waals surface area contributed by atoms with E-state index in [2.05, 4.69) is 10.3 Å². The fourth-order valence-corrected chi connectivity index (χ4v) is 2.50. The summed E-state index contributed by atoms with van der Waals surface area (Å²) in [6, 6.07) is 11.3. The molecule has 2 aromatic rings. The van der Waals surface area contributed by atoms with Crippen LogP contribution in [0.1, 0.15) is 5.56 Å². The highest BCUT2D eigenvalue weighted by molar-refractivity contribution is 14.0. The van der Waals surface area contributed by atoms with Crippen molar-refractivity contribution in [1.29, 1.82) is 0 Å². The Morgan fingerprint density at radius 2 is 1.85 bits per heavy atom. The predicted octanol–water partition coefficient (Wildman–Crippen LogP) is 3.02. The first-order valence-corrected chi connectivity index (χ1v) is 7.87. The van der Waals surface area contributed by atoms with Crippen molar-refractivity contribution in [1.82, 2.24) is 0 Å². The minimum Gasteiger partial charge on any atom is -0.493 e. The minimum atomic E-state index is 0. The molecule has 0 atom stereocenters. The lowest BCUT2D eigenvalue weighted by Crippen LogP contribution is -2.23. The van der Waals surface area contributed by atoms with Crippen molar-refractivity contribution in [3.05, 3.63) is 42.0 Å². The lowest BCUT2D eigenvalue weighted by molar-refractivity contribution is 0.174. The molecular weight excluding hydrogens is 449 g/mol. The van der Waals surface area contributed by atoms with Crippen LogP contribution < -0.4 is 30.0 Å². The summed E-state index contributed by atoms with van der Waals surface area (Å²) >= 11 is 0. The van der Waals surface area contributed by atoms with Gasteiger partial charge in [-0.15, -0.1) is 24.0 Å². The number of benzene rings is 2. The first kappa shape index (κ1) is 20.0. The van der Waals surface area contributed by atoms with Crippen molar-refractivity contribution >= 4 is 35.6 Å². The van der Waals surface area contributed by atoms with E-state index in [1.807, 2.05) is 24.3 Å². The number of ether oxygens (including phenoxy) is 4. The monoisotopic (exact) mass is 471 g/mol. The van der Waals surface area contributed by atoms with Crippen molar-refractivity contribution < 1.29 is 18.9 Å². The number of rotatable bonds is 6. The van der Waals surface area contributed by atoms with Gasteiger partial charge in [-0.1, -0.05) is 6.07 Å². The van der Waals surface area contributed by atoms with Crippen LogP contribution in [0.5, 0.6) is 23.0 Å². The van der Waals surface area contributed by atoms with Gasteiger partial charge >= 0.3 is 0 Å². The highest BCUT2D eigenvalue weighted by Gasteiger charge is 2.12. The third kappa shape index (κ3) is 4.84. The van der Waals surface area contributed by atoms with E-state index in [4.69, 9.17) is 24.7 Å². The van der Waals surface area contributed by atoms with Crippen LogP contribution in [-0.2, 0) is 6.42 Å². The fraction of sp³-hybridized carbons (Fsp3) is 0.278. The Hall–Kier alpha value is -2.36. The second-order valence-corrected chi connectivity index (χ2v) is 5.40. The van der Waals surface area contributed by atoms with Gasteiger partial charge in [0.05, 0.1) is 14.2 Å². The maximum absolute atomic E-state index is 5.94. The molecule has 3 rings (SSSR count). The number of halogens is 1. The van der Waals surface area contributed by atoms with Crippen LogP contribution in [0, 0.1) is 0 Å². The van der Waals surface area contributed by atoms with Gasteiger partial charge < -0.3 is 30.0 Å². The molecule has 0 saturated heterocycles. The molecule has 0 spiro atoms. The van der Waals surface area contributed by atoms with Crippen LogP contribution in [0.15, 0.2) is 41.4 Å². The van der Waals surface area contributed by atoms with Gasteiger partial charge in [-0.3, -0.25) is 4.99 Å². The zero-order valence-electron chi connectivity index (χ0n) is 14.7. The van der Waals surface area contributed by atoms with Crippen LogP contribution in [0.25, 0.3) is 0 Å². The van der Waals surface area contributed by atoms with Crippen LogP contribution >= 0.6 is 24.0 Å². The molecule has 0 bridgehead atoms. The summed E-state index contributed by atoms with van der Waals surface area (Å²) in [5.74, 6) is 3.18. The molecule has 0 aromatic heterocycles. The van der Waals surface area contributed by atoms with Gasteiger partial charge in [-0.2, -0.15) is 0 Å². The third-order valence-electron chi connectivity index (χ3n) is 3.78. The van der Waals surface area contributed by atoms with E-state index in [1.165, 1.54) is 0 Å². The predicted molar refractivity (Wildman–Crippen MR) is 111 cm³/mol. The summed E-state index contributed by atoms with van der Waals surface area (Å²) in [4.78, 5) is 4.35. The standard InChI is InChI=1S/C18H21N3O4.HI/c1-22-14-6-4-13(10-16(14)23-2)21-18(19)20-8-7-12-3-5-15-17(9-12)25-11-24-15;/h3-6,9-10H,7-8,11H2,1-2H3,(H3,19,20,21);1H. The Balaban J connectivity index is 0.00000243. The summed E-state index contributed by atoms with van der Waals surface area (Å²) in [6.45, 7) is 0.838. The number of nitrogens with zero attached hydrogens (tertiary/aromatic N) is 1. The molecule has 7 nitrogen and oxygen atoms in total. The second-order valence-electron chi connectivity index (χ2n) is 5.40. The van der Waals surface area contributed by atoms with E-state index in [1.54, 1.807) is 26.4 Å². The highest BCUT2D eigenvalue weighted by Crippen LogP contribution is 2.32. The van der Waals surface area contributed by atoms with Crippen molar-refractivity contribution in [3.8, 4) is 23.0 Å². The first-order valence-electron chi connectivity index (χ1n) is 7.87. The molecule has 0 saturated carbocycles. The molecule has 0 amide bonds. The fourth-order valence-electron chi connectivity index (χ4n) is 2.50. The average Bonchev–Trinajstić information content (AvgIpc) is 3.09. The SMILES string of the molecule is COc1ccc(NC(N)=NCCc2ccc3c(c2)OCO3)cc1OC.I. The lowest BCUT2D eigenvalue weighted by atomic mass is 10.1. The van der Waals surface area contributed by atoms with Crippen LogP contribution in [0.4, 0.5) is 5.69 Å². The van der Waals surface area contributed by atoms with Crippen molar-refractivity contribution in [2.24, 2.45) is 10.7 Å². The normalized spacial score (nSPS) is 12.3. The van der Waals surface area contributed by atoms with Crippen molar-refractivity contribution in [3.63, 3.8) is 0 Å². The molecule has 1 heterocycles. The van der Waals surface area contributed by atoms with Gasteiger partial charge in [0.2, 0.25) is 6.79 Å². The van der Waals surface area contributed by atoms with E-state index in [-0.39, 0.29) is 30.8 Å². The molecule has 1 aliphatic rings. The Kier molecular flexibility index (Phi) is 7.19. The average molecular weight is 471 g/mol. The van der Waals surface area contributed by atoms with E-state index < -0.39 is 0 Å². The number of guanidine groups is 1. The zero-order chi connectivity index (χ0) is 17.6. The van der Waals surface area contributed by atoms with E-state index in [9.17, 15) is 0 Å². The van der Waals surface area contributed by atoms with Gasteiger partial charge in [-0.25, -0.2) is 0 Å². The smallest absolute Gasteiger partial charge is 0.231 e. The Bertz CT molecular complexity index is 783. The molecular formula is C18H22IN3O4. The maximum Gasteiger partial charge on any atom is 0.231 e. The molecule has 2 aromatic carbocycles. The Labute approximate surface area is 169 Å². The molecule has 3 N–H and O–H groups in total. The van der Waals surface area contributed by atoms with Crippen molar-refractivity contribution in [2.45, 2.75) is 6.42 Å². The molecule has 26 heavy (non-hydrogen) atoms. The van der Waals surface area contributed by atoms with Crippen LogP contribution in [0.3, 0.4) is 0 Å². The lowest BCUT2D eigenvalue weighted by Gasteiger charge is -2.11. The molecule has 8 heteroatoms. The van der Waals surface area contributed by atoms with E-state index >= 15 is 0 Å².